The molecular weight excluding hydrogens is 258 g/mol. The molecular formula is C14H19N3O3. The van der Waals surface area contributed by atoms with E-state index in [-0.39, 0.29) is 17.8 Å². The molecule has 1 atom stereocenters. The van der Waals surface area contributed by atoms with Crippen molar-refractivity contribution in [3.63, 3.8) is 0 Å². The normalized spacial score (nSPS) is 19.6. The van der Waals surface area contributed by atoms with Crippen molar-refractivity contribution < 1.29 is 14.7 Å². The van der Waals surface area contributed by atoms with Crippen molar-refractivity contribution in [2.45, 2.75) is 31.8 Å². The Morgan fingerprint density at radius 2 is 2.15 bits per heavy atom. The van der Waals surface area contributed by atoms with E-state index in [0.717, 1.165) is 24.8 Å². The molecule has 20 heavy (non-hydrogen) atoms. The van der Waals surface area contributed by atoms with Crippen molar-refractivity contribution in [1.29, 1.82) is 0 Å². The number of nitrogens with zero attached hydrogens (tertiary/aromatic N) is 1. The van der Waals surface area contributed by atoms with Crippen LogP contribution in [0.2, 0.25) is 0 Å². The highest BCUT2D eigenvalue weighted by molar-refractivity contribution is 5.94. The van der Waals surface area contributed by atoms with Gasteiger partial charge in [0.1, 0.15) is 11.9 Å². The summed E-state index contributed by atoms with van der Waals surface area (Å²) < 4.78 is 5.43. The first-order valence-electron chi connectivity index (χ1n) is 6.67. The van der Waals surface area contributed by atoms with Crippen molar-refractivity contribution >= 4 is 17.4 Å². The molecule has 1 aromatic rings. The third-order valence-electron chi connectivity index (χ3n) is 3.21. The summed E-state index contributed by atoms with van der Waals surface area (Å²) in [6.07, 6.45) is 2.84. The maximum atomic E-state index is 12.0. The number of oxime groups is 1. The van der Waals surface area contributed by atoms with E-state index < -0.39 is 0 Å². The maximum absolute atomic E-state index is 12.0. The van der Waals surface area contributed by atoms with Crippen molar-refractivity contribution in [3.8, 4) is 0 Å². The van der Waals surface area contributed by atoms with Crippen molar-refractivity contribution in [2.75, 3.05) is 11.9 Å². The Bertz CT molecular complexity index is 479. The van der Waals surface area contributed by atoms with Crippen LogP contribution in [0.4, 0.5) is 5.69 Å². The summed E-state index contributed by atoms with van der Waals surface area (Å²) in [5.41, 5.74) is 7.06. The van der Waals surface area contributed by atoms with Crippen LogP contribution >= 0.6 is 0 Å². The van der Waals surface area contributed by atoms with Gasteiger partial charge in [0.05, 0.1) is 0 Å². The number of carbonyl (C=O) groups excluding carboxylic acids is 1. The van der Waals surface area contributed by atoms with Gasteiger partial charge in [-0.1, -0.05) is 17.3 Å². The van der Waals surface area contributed by atoms with Crippen LogP contribution in [0, 0.1) is 0 Å². The molecule has 4 N–H and O–H groups in total. The van der Waals surface area contributed by atoms with Crippen molar-refractivity contribution in [2.24, 2.45) is 10.9 Å². The van der Waals surface area contributed by atoms with Gasteiger partial charge in [-0.3, -0.25) is 4.79 Å². The molecule has 6 nitrogen and oxygen atoms in total. The second kappa shape index (κ2) is 6.91. The summed E-state index contributed by atoms with van der Waals surface area (Å²) in [6, 6.07) is 7.24. The molecule has 0 saturated carbocycles. The van der Waals surface area contributed by atoms with Gasteiger partial charge in [-0.05, 0) is 37.0 Å². The number of carbonyl (C=O) groups is 1. The minimum atomic E-state index is -0.347. The monoisotopic (exact) mass is 277 g/mol. The van der Waals surface area contributed by atoms with Crippen molar-refractivity contribution in [3.05, 3.63) is 29.8 Å². The second-order valence-corrected chi connectivity index (χ2v) is 4.81. The van der Waals surface area contributed by atoms with Gasteiger partial charge in [-0.25, -0.2) is 0 Å². The summed E-state index contributed by atoms with van der Waals surface area (Å²) in [6.45, 7) is 0.650. The first-order valence-corrected chi connectivity index (χ1v) is 6.67. The maximum Gasteiger partial charge on any atom is 0.253 e. The molecule has 1 aromatic carbocycles. The topological polar surface area (TPSA) is 96.9 Å². The van der Waals surface area contributed by atoms with Crippen LogP contribution in [-0.4, -0.2) is 29.7 Å². The third kappa shape index (κ3) is 3.96. The number of amidine groups is 1. The fourth-order valence-electron chi connectivity index (χ4n) is 2.12. The van der Waals surface area contributed by atoms with E-state index in [1.165, 1.54) is 0 Å². The smallest absolute Gasteiger partial charge is 0.253 e. The summed E-state index contributed by atoms with van der Waals surface area (Å²) >= 11 is 0. The molecule has 0 aromatic heterocycles. The van der Waals surface area contributed by atoms with Crippen molar-refractivity contribution in [1.82, 2.24) is 0 Å². The van der Waals surface area contributed by atoms with Gasteiger partial charge < -0.3 is 21.0 Å². The molecule has 1 unspecified atom stereocenters. The Morgan fingerprint density at radius 3 is 2.75 bits per heavy atom. The molecule has 6 heteroatoms. The third-order valence-corrected chi connectivity index (χ3v) is 3.21. The van der Waals surface area contributed by atoms with Crippen LogP contribution in [-0.2, 0) is 16.0 Å². The molecule has 1 fully saturated rings. The molecule has 1 saturated heterocycles. The van der Waals surface area contributed by atoms with Gasteiger partial charge in [-0.2, -0.15) is 0 Å². The highest BCUT2D eigenvalue weighted by Crippen LogP contribution is 2.16. The number of nitrogens with two attached hydrogens (primary N) is 1. The SMILES string of the molecule is NC(Cc1ccc(NC(=O)C2CCCCO2)cc1)=NO. The standard InChI is InChI=1S/C14H19N3O3/c15-13(17-19)9-10-4-6-11(7-5-10)16-14(18)12-3-1-2-8-20-12/h4-7,12,19H,1-3,8-9H2,(H2,15,17)(H,16,18). The van der Waals surface area contributed by atoms with Crippen LogP contribution in [0.25, 0.3) is 0 Å². The number of hydrogen-bond donors (Lipinski definition) is 3. The highest BCUT2D eigenvalue weighted by Gasteiger charge is 2.21. The van der Waals surface area contributed by atoms with Gasteiger partial charge >= 0.3 is 0 Å². The molecule has 1 amide bonds. The zero-order chi connectivity index (χ0) is 14.4. The first-order chi connectivity index (χ1) is 9.69. The van der Waals surface area contributed by atoms with E-state index in [1.54, 1.807) is 12.1 Å². The van der Waals surface area contributed by atoms with E-state index in [4.69, 9.17) is 15.7 Å². The number of benzene rings is 1. The first kappa shape index (κ1) is 14.3. The van der Waals surface area contributed by atoms with Crippen LogP contribution in [0.15, 0.2) is 29.4 Å². The number of ether oxygens (including phenoxy) is 1. The Balaban J connectivity index is 1.91. The Morgan fingerprint density at radius 1 is 1.40 bits per heavy atom. The molecule has 0 spiro atoms. The number of nitrogens with one attached hydrogen (secondary N) is 1. The van der Waals surface area contributed by atoms with E-state index in [2.05, 4.69) is 10.5 Å². The minimum Gasteiger partial charge on any atom is -0.409 e. The fourth-order valence-corrected chi connectivity index (χ4v) is 2.12. The van der Waals surface area contributed by atoms with Gasteiger partial charge in [0.25, 0.3) is 5.91 Å². The zero-order valence-corrected chi connectivity index (χ0v) is 11.2. The Hall–Kier alpha value is -2.08. The quantitative estimate of drug-likeness (QED) is 0.336. The lowest BCUT2D eigenvalue weighted by atomic mass is 10.1. The van der Waals surface area contributed by atoms with Crippen LogP contribution in [0.3, 0.4) is 0 Å². The molecule has 0 radical (unpaired) electrons. The molecule has 108 valence electrons. The number of rotatable bonds is 4. The average molecular weight is 277 g/mol. The van der Waals surface area contributed by atoms with Gasteiger partial charge in [0, 0.05) is 18.7 Å². The largest absolute Gasteiger partial charge is 0.409 e. The zero-order valence-electron chi connectivity index (χ0n) is 11.2. The van der Waals surface area contributed by atoms with Crippen LogP contribution in [0.5, 0.6) is 0 Å². The lowest BCUT2D eigenvalue weighted by Gasteiger charge is -2.21. The minimum absolute atomic E-state index is 0.103. The van der Waals surface area contributed by atoms with Gasteiger partial charge in [0.15, 0.2) is 0 Å². The number of anilines is 1. The highest BCUT2D eigenvalue weighted by atomic mass is 16.5. The van der Waals surface area contributed by atoms with E-state index in [0.29, 0.717) is 18.7 Å². The van der Waals surface area contributed by atoms with Crippen LogP contribution in [0.1, 0.15) is 24.8 Å². The predicted molar refractivity (Wildman–Crippen MR) is 75.8 cm³/mol. The molecule has 2 rings (SSSR count). The van der Waals surface area contributed by atoms with Crippen LogP contribution < -0.4 is 11.1 Å². The molecule has 0 aliphatic carbocycles. The second-order valence-electron chi connectivity index (χ2n) is 4.81. The Labute approximate surface area is 117 Å². The summed E-state index contributed by atoms with van der Waals surface area (Å²) in [4.78, 5) is 12.0. The summed E-state index contributed by atoms with van der Waals surface area (Å²) in [7, 11) is 0. The lowest BCUT2D eigenvalue weighted by molar-refractivity contribution is -0.129. The molecule has 1 aliphatic heterocycles. The predicted octanol–water partition coefficient (Wildman–Crippen LogP) is 1.48. The van der Waals surface area contributed by atoms with E-state index in [9.17, 15) is 4.79 Å². The summed E-state index contributed by atoms with van der Waals surface area (Å²) in [5.74, 6) is 0.0475. The fraction of sp³-hybridized carbons (Fsp3) is 0.429. The number of amides is 1. The molecule has 1 heterocycles. The lowest BCUT2D eigenvalue weighted by Crippen LogP contribution is -2.33. The Kier molecular flexibility index (Phi) is 4.95. The molecule has 1 aliphatic rings. The van der Waals surface area contributed by atoms with E-state index >= 15 is 0 Å². The number of hydrogen-bond acceptors (Lipinski definition) is 4. The summed E-state index contributed by atoms with van der Waals surface area (Å²) in [5, 5.41) is 14.3. The van der Waals surface area contributed by atoms with Gasteiger partial charge in [0.2, 0.25) is 0 Å². The average Bonchev–Trinajstić information content (AvgIpc) is 2.50. The van der Waals surface area contributed by atoms with E-state index in [1.807, 2.05) is 12.1 Å². The molecule has 0 bridgehead atoms. The van der Waals surface area contributed by atoms with Gasteiger partial charge in [-0.15, -0.1) is 0 Å².